The minimum atomic E-state index is 0. The van der Waals surface area contributed by atoms with Gasteiger partial charge in [0.1, 0.15) is 0 Å². The van der Waals surface area contributed by atoms with Crippen molar-refractivity contribution in [2.45, 2.75) is 20.3 Å². The number of methoxy groups -OCH3 is 1. The smallest absolute Gasteiger partial charge is 0.254 e. The molecule has 1 aromatic carbocycles. The third-order valence-electron chi connectivity index (χ3n) is 4.05. The Morgan fingerprint density at radius 2 is 2.14 bits per heavy atom. The molecule has 22 heavy (non-hydrogen) atoms. The highest BCUT2D eigenvalue weighted by Crippen LogP contribution is 2.32. The fraction of sp³-hybridized carbons (Fsp3) is 0.562. The van der Waals surface area contributed by atoms with E-state index in [1.807, 2.05) is 11.8 Å². The van der Waals surface area contributed by atoms with E-state index in [-0.39, 0.29) is 23.7 Å². The van der Waals surface area contributed by atoms with E-state index in [9.17, 15) is 4.79 Å². The largest absolute Gasteiger partial charge is 0.493 e. The predicted molar refractivity (Wildman–Crippen MR) is 89.1 cm³/mol. The first kappa shape index (κ1) is 18.6. The van der Waals surface area contributed by atoms with Crippen LogP contribution < -0.4 is 15.2 Å². The maximum Gasteiger partial charge on any atom is 0.254 e. The number of halogens is 1. The van der Waals surface area contributed by atoms with Crippen LogP contribution in [0.5, 0.6) is 11.5 Å². The van der Waals surface area contributed by atoms with Gasteiger partial charge in [0.15, 0.2) is 11.5 Å². The Bertz CT molecular complexity index is 524. The van der Waals surface area contributed by atoms with Crippen LogP contribution in [0.1, 0.15) is 30.6 Å². The highest BCUT2D eigenvalue weighted by molar-refractivity contribution is 5.95. The number of hydrogen-bond acceptors (Lipinski definition) is 4. The Morgan fingerprint density at radius 1 is 1.41 bits per heavy atom. The molecular formula is C16H25ClN2O3. The second kappa shape index (κ2) is 7.70. The number of hydrogen-bond donors (Lipinski definition) is 1. The van der Waals surface area contributed by atoms with Crippen LogP contribution in [0.2, 0.25) is 0 Å². The SMILES string of the molecule is CCOc1ccc(C(=O)N2CCC(C)(CN)C2)cc1OC.Cl. The van der Waals surface area contributed by atoms with Crippen molar-refractivity contribution in [1.82, 2.24) is 4.90 Å². The third-order valence-corrected chi connectivity index (χ3v) is 4.05. The summed E-state index contributed by atoms with van der Waals surface area (Å²) in [7, 11) is 1.58. The average Bonchev–Trinajstić information content (AvgIpc) is 2.90. The fourth-order valence-electron chi connectivity index (χ4n) is 2.62. The Balaban J connectivity index is 0.00000242. The molecule has 1 atom stereocenters. The van der Waals surface area contributed by atoms with Crippen molar-refractivity contribution in [3.8, 4) is 11.5 Å². The fourth-order valence-corrected chi connectivity index (χ4v) is 2.62. The molecule has 0 aromatic heterocycles. The first-order valence-corrected chi connectivity index (χ1v) is 7.33. The normalized spacial score (nSPS) is 20.5. The Hall–Kier alpha value is -1.46. The van der Waals surface area contributed by atoms with Gasteiger partial charge in [-0.15, -0.1) is 12.4 Å². The lowest BCUT2D eigenvalue weighted by molar-refractivity contribution is 0.0776. The van der Waals surface area contributed by atoms with Gasteiger partial charge in [-0.05, 0) is 43.5 Å². The van der Waals surface area contributed by atoms with Crippen molar-refractivity contribution in [3.05, 3.63) is 23.8 Å². The molecule has 1 saturated heterocycles. The van der Waals surface area contributed by atoms with Crippen LogP contribution in [-0.2, 0) is 0 Å². The summed E-state index contributed by atoms with van der Waals surface area (Å²) in [4.78, 5) is 14.4. The monoisotopic (exact) mass is 328 g/mol. The van der Waals surface area contributed by atoms with E-state index in [2.05, 4.69) is 6.92 Å². The van der Waals surface area contributed by atoms with Crippen molar-refractivity contribution in [2.75, 3.05) is 33.4 Å². The zero-order valence-corrected chi connectivity index (χ0v) is 14.2. The number of carbonyl (C=O) groups is 1. The molecule has 0 spiro atoms. The molecule has 5 nitrogen and oxygen atoms in total. The summed E-state index contributed by atoms with van der Waals surface area (Å²) in [5, 5.41) is 0. The van der Waals surface area contributed by atoms with Crippen LogP contribution in [0.4, 0.5) is 0 Å². The number of benzene rings is 1. The molecule has 1 unspecified atom stereocenters. The highest BCUT2D eigenvalue weighted by Gasteiger charge is 2.35. The number of nitrogens with two attached hydrogens (primary N) is 1. The van der Waals surface area contributed by atoms with Gasteiger partial charge in [-0.1, -0.05) is 6.92 Å². The van der Waals surface area contributed by atoms with E-state index in [0.29, 0.717) is 36.8 Å². The molecule has 1 fully saturated rings. The van der Waals surface area contributed by atoms with Gasteiger partial charge in [-0.2, -0.15) is 0 Å². The van der Waals surface area contributed by atoms with Crippen molar-refractivity contribution < 1.29 is 14.3 Å². The van der Waals surface area contributed by atoms with E-state index in [1.54, 1.807) is 25.3 Å². The van der Waals surface area contributed by atoms with Crippen molar-refractivity contribution >= 4 is 18.3 Å². The number of carbonyl (C=O) groups excluding carboxylic acids is 1. The molecule has 0 aliphatic carbocycles. The standard InChI is InChI=1S/C16H24N2O3.ClH/c1-4-21-13-6-5-12(9-14(13)20-3)15(19)18-8-7-16(2,10-17)11-18;/h5-6,9H,4,7-8,10-11,17H2,1-3H3;1H. The van der Waals surface area contributed by atoms with Gasteiger partial charge < -0.3 is 20.1 Å². The van der Waals surface area contributed by atoms with Gasteiger partial charge >= 0.3 is 0 Å². The average molecular weight is 329 g/mol. The number of nitrogens with zero attached hydrogens (tertiary/aromatic N) is 1. The molecular weight excluding hydrogens is 304 g/mol. The van der Waals surface area contributed by atoms with E-state index >= 15 is 0 Å². The second-order valence-corrected chi connectivity index (χ2v) is 5.79. The molecule has 0 radical (unpaired) electrons. The quantitative estimate of drug-likeness (QED) is 0.901. The molecule has 0 bridgehead atoms. The summed E-state index contributed by atoms with van der Waals surface area (Å²) in [6.07, 6.45) is 0.948. The van der Waals surface area contributed by atoms with Gasteiger partial charge in [-0.3, -0.25) is 4.79 Å². The Kier molecular flexibility index (Phi) is 6.50. The molecule has 2 N–H and O–H groups in total. The molecule has 0 saturated carbocycles. The first-order chi connectivity index (χ1) is 10.0. The van der Waals surface area contributed by atoms with Crippen LogP contribution in [0.25, 0.3) is 0 Å². The van der Waals surface area contributed by atoms with Gasteiger partial charge in [-0.25, -0.2) is 0 Å². The maximum atomic E-state index is 12.6. The molecule has 1 aliphatic rings. The zero-order valence-electron chi connectivity index (χ0n) is 13.4. The molecule has 2 rings (SSSR count). The topological polar surface area (TPSA) is 64.8 Å². The van der Waals surface area contributed by atoms with Crippen LogP contribution in [0.3, 0.4) is 0 Å². The van der Waals surface area contributed by atoms with Gasteiger partial charge in [0, 0.05) is 18.7 Å². The summed E-state index contributed by atoms with van der Waals surface area (Å²) in [5.74, 6) is 1.27. The van der Waals surface area contributed by atoms with Gasteiger partial charge in [0.05, 0.1) is 13.7 Å². The van der Waals surface area contributed by atoms with E-state index in [1.165, 1.54) is 0 Å². The predicted octanol–water partition coefficient (Wildman–Crippen LogP) is 2.33. The van der Waals surface area contributed by atoms with Gasteiger partial charge in [0.2, 0.25) is 0 Å². The van der Waals surface area contributed by atoms with E-state index < -0.39 is 0 Å². The summed E-state index contributed by atoms with van der Waals surface area (Å²) in [5.41, 5.74) is 6.45. The number of likely N-dealkylation sites (tertiary alicyclic amines) is 1. The van der Waals surface area contributed by atoms with Crippen LogP contribution in [0, 0.1) is 5.41 Å². The minimum Gasteiger partial charge on any atom is -0.493 e. The molecule has 1 aromatic rings. The van der Waals surface area contributed by atoms with Crippen LogP contribution in [-0.4, -0.2) is 44.2 Å². The van der Waals surface area contributed by atoms with E-state index in [4.69, 9.17) is 15.2 Å². The van der Waals surface area contributed by atoms with E-state index in [0.717, 1.165) is 13.0 Å². The summed E-state index contributed by atoms with van der Waals surface area (Å²) in [6, 6.07) is 5.31. The molecule has 1 amide bonds. The summed E-state index contributed by atoms with van der Waals surface area (Å²) < 4.78 is 10.8. The van der Waals surface area contributed by atoms with Crippen molar-refractivity contribution in [1.29, 1.82) is 0 Å². The lowest BCUT2D eigenvalue weighted by Crippen LogP contribution is -2.34. The molecule has 6 heteroatoms. The number of amides is 1. The summed E-state index contributed by atoms with van der Waals surface area (Å²) in [6.45, 7) is 6.66. The number of rotatable bonds is 5. The highest BCUT2D eigenvalue weighted by atomic mass is 35.5. The Morgan fingerprint density at radius 3 is 2.68 bits per heavy atom. The molecule has 124 valence electrons. The zero-order chi connectivity index (χ0) is 15.5. The third kappa shape index (κ3) is 3.84. The van der Waals surface area contributed by atoms with Crippen LogP contribution in [0.15, 0.2) is 18.2 Å². The minimum absolute atomic E-state index is 0. The maximum absolute atomic E-state index is 12.6. The summed E-state index contributed by atoms with van der Waals surface area (Å²) >= 11 is 0. The molecule has 1 aliphatic heterocycles. The Labute approximate surface area is 138 Å². The van der Waals surface area contributed by atoms with Gasteiger partial charge in [0.25, 0.3) is 5.91 Å². The van der Waals surface area contributed by atoms with Crippen molar-refractivity contribution in [2.24, 2.45) is 11.1 Å². The molecule has 1 heterocycles. The number of ether oxygens (including phenoxy) is 2. The van der Waals surface area contributed by atoms with Crippen LogP contribution >= 0.6 is 12.4 Å². The lowest BCUT2D eigenvalue weighted by atomic mass is 9.90. The first-order valence-electron chi connectivity index (χ1n) is 7.33. The van der Waals surface area contributed by atoms with Crippen molar-refractivity contribution in [3.63, 3.8) is 0 Å². The lowest BCUT2D eigenvalue weighted by Gasteiger charge is -2.22. The second-order valence-electron chi connectivity index (χ2n) is 5.79.